The molecule has 0 spiro atoms. The molecule has 0 saturated carbocycles. The summed E-state index contributed by atoms with van der Waals surface area (Å²) >= 11 is 1.41. The first-order chi connectivity index (χ1) is 7.15. The molecule has 0 aromatic heterocycles. The average molecular weight is 233 g/mol. The molecule has 15 heavy (non-hydrogen) atoms. The van der Waals surface area contributed by atoms with Gasteiger partial charge < -0.3 is 14.9 Å². The summed E-state index contributed by atoms with van der Waals surface area (Å²) in [5.74, 6) is -0.218. The minimum absolute atomic E-state index is 0.218. The number of hydrogen-bond donors (Lipinski definition) is 2. The van der Waals surface area contributed by atoms with Crippen molar-refractivity contribution in [3.63, 3.8) is 0 Å². The van der Waals surface area contributed by atoms with Gasteiger partial charge in [0.25, 0.3) is 0 Å². The molecule has 0 amide bonds. The van der Waals surface area contributed by atoms with E-state index < -0.39 is 18.2 Å². The van der Waals surface area contributed by atoms with E-state index in [0.29, 0.717) is 0 Å². The maximum absolute atomic E-state index is 9.77. The highest BCUT2D eigenvalue weighted by atomic mass is 32.2. The summed E-state index contributed by atoms with van der Waals surface area (Å²) < 4.78 is 5.43. The molecular weight excluding hydrogens is 218 g/mol. The Kier molecular flexibility index (Phi) is 4.69. The van der Waals surface area contributed by atoms with Gasteiger partial charge in [-0.2, -0.15) is 0 Å². The average Bonchev–Trinajstić information content (AvgIpc) is 2.25. The van der Waals surface area contributed by atoms with E-state index in [1.54, 1.807) is 6.92 Å². The monoisotopic (exact) mass is 233 g/mol. The molecule has 1 saturated heterocycles. The molecule has 1 fully saturated rings. The first-order valence-corrected chi connectivity index (χ1v) is 5.95. The van der Waals surface area contributed by atoms with Crippen molar-refractivity contribution >= 4 is 11.8 Å². The highest BCUT2D eigenvalue weighted by Crippen LogP contribution is 2.32. The summed E-state index contributed by atoms with van der Waals surface area (Å²) in [6.45, 7) is 1.56. The fourth-order valence-corrected chi connectivity index (χ4v) is 2.52. The highest BCUT2D eigenvalue weighted by Gasteiger charge is 2.41. The van der Waals surface area contributed by atoms with E-state index in [-0.39, 0.29) is 18.0 Å². The molecule has 0 aromatic carbocycles. The second-order valence-electron chi connectivity index (χ2n) is 3.51. The van der Waals surface area contributed by atoms with Crippen molar-refractivity contribution in [1.82, 2.24) is 0 Å². The molecule has 2 N–H and O–H groups in total. The molecule has 5 atom stereocenters. The molecule has 6 nitrogen and oxygen atoms in total. The minimum Gasteiger partial charge on any atom is -0.394 e. The molecule has 86 valence electrons. The molecule has 1 aliphatic rings. The lowest BCUT2D eigenvalue weighted by atomic mass is 9.90. The van der Waals surface area contributed by atoms with Crippen LogP contribution in [0, 0.1) is 5.92 Å². The van der Waals surface area contributed by atoms with Crippen LogP contribution in [0.5, 0.6) is 0 Å². The molecule has 0 aromatic rings. The number of rotatable bonds is 3. The van der Waals surface area contributed by atoms with Gasteiger partial charge in [0.05, 0.1) is 18.8 Å². The Morgan fingerprint density at radius 3 is 2.73 bits per heavy atom. The Bertz CT molecular complexity index is 258. The van der Waals surface area contributed by atoms with Crippen LogP contribution < -0.4 is 0 Å². The number of aliphatic hydroxyl groups is 2. The maximum atomic E-state index is 9.77. The van der Waals surface area contributed by atoms with Crippen LogP contribution in [0.1, 0.15) is 6.92 Å². The van der Waals surface area contributed by atoms with E-state index in [0.717, 1.165) is 0 Å². The first-order valence-electron chi connectivity index (χ1n) is 4.67. The number of nitrogens with zero attached hydrogens (tertiary/aromatic N) is 3. The smallest absolute Gasteiger partial charge is 0.112 e. The number of aliphatic hydroxyl groups excluding tert-OH is 2. The molecule has 0 bridgehead atoms. The van der Waals surface area contributed by atoms with Gasteiger partial charge in [0.1, 0.15) is 11.5 Å². The first kappa shape index (κ1) is 12.6. The third-order valence-corrected chi connectivity index (χ3v) is 3.50. The van der Waals surface area contributed by atoms with Crippen LogP contribution in [0.25, 0.3) is 10.4 Å². The summed E-state index contributed by atoms with van der Waals surface area (Å²) in [4.78, 5) is 2.75. The Hall–Kier alpha value is -0.460. The molecule has 7 heteroatoms. The van der Waals surface area contributed by atoms with Gasteiger partial charge in [0, 0.05) is 4.91 Å². The summed E-state index contributed by atoms with van der Waals surface area (Å²) in [7, 11) is 0. The van der Waals surface area contributed by atoms with Crippen molar-refractivity contribution < 1.29 is 14.9 Å². The van der Waals surface area contributed by atoms with Crippen molar-refractivity contribution in [2.24, 2.45) is 11.0 Å². The number of ether oxygens (including phenoxy) is 1. The van der Waals surface area contributed by atoms with Crippen LogP contribution in [0.3, 0.4) is 0 Å². The molecule has 1 rings (SSSR count). The van der Waals surface area contributed by atoms with Crippen molar-refractivity contribution in [3.8, 4) is 0 Å². The van der Waals surface area contributed by atoms with Crippen molar-refractivity contribution in [3.05, 3.63) is 10.4 Å². The third-order valence-electron chi connectivity index (χ3n) is 2.64. The van der Waals surface area contributed by atoms with Crippen molar-refractivity contribution in [2.45, 2.75) is 30.6 Å². The Labute approximate surface area is 92.2 Å². The van der Waals surface area contributed by atoms with Crippen LogP contribution >= 0.6 is 11.8 Å². The van der Waals surface area contributed by atoms with E-state index >= 15 is 0 Å². The summed E-state index contributed by atoms with van der Waals surface area (Å²) in [5, 5.41) is 22.4. The molecular formula is C8H15N3O3S. The zero-order valence-electron chi connectivity index (χ0n) is 8.65. The van der Waals surface area contributed by atoms with Gasteiger partial charge in [-0.15, -0.1) is 11.8 Å². The van der Waals surface area contributed by atoms with E-state index in [1.165, 1.54) is 11.8 Å². The molecule has 1 aliphatic heterocycles. The lowest BCUT2D eigenvalue weighted by molar-refractivity contribution is -0.137. The van der Waals surface area contributed by atoms with Gasteiger partial charge in [-0.05, 0) is 17.7 Å². The highest BCUT2D eigenvalue weighted by molar-refractivity contribution is 7.99. The maximum Gasteiger partial charge on any atom is 0.112 e. The molecule has 0 aliphatic carbocycles. The summed E-state index contributed by atoms with van der Waals surface area (Å²) in [6, 6.07) is -0.400. The fourth-order valence-electron chi connectivity index (χ4n) is 1.69. The zero-order valence-corrected chi connectivity index (χ0v) is 9.46. The number of hydrogen-bond acceptors (Lipinski definition) is 5. The van der Waals surface area contributed by atoms with Crippen molar-refractivity contribution in [2.75, 3.05) is 12.9 Å². The Morgan fingerprint density at radius 1 is 1.60 bits per heavy atom. The number of thioether (sulfide) groups is 1. The topological polar surface area (TPSA) is 98.5 Å². The quantitative estimate of drug-likeness (QED) is 0.426. The van der Waals surface area contributed by atoms with E-state index in [4.69, 9.17) is 15.4 Å². The SMILES string of the molecule is CSC1OC(CO)[C@H](O)[C@H](C)[C@H]1N=[N+]=[N-]. The van der Waals surface area contributed by atoms with E-state index in [1.807, 2.05) is 6.26 Å². The van der Waals surface area contributed by atoms with Crippen LogP contribution in [0.2, 0.25) is 0 Å². The van der Waals surface area contributed by atoms with Crippen LogP contribution in [-0.4, -0.2) is 46.8 Å². The fraction of sp³-hybridized carbons (Fsp3) is 1.00. The second kappa shape index (κ2) is 5.58. The normalized spacial score (nSPS) is 40.9. The van der Waals surface area contributed by atoms with Gasteiger partial charge in [-0.1, -0.05) is 12.0 Å². The standard InChI is InChI=1S/C8H15N3O3S/c1-4-6(10-11-9)8(15-2)14-5(3-12)7(4)13/h4-8,12-13H,3H2,1-2H3/t4-,5?,6-,7-,8?/m1/s1. The van der Waals surface area contributed by atoms with Gasteiger partial charge >= 0.3 is 0 Å². The summed E-state index contributed by atoms with van der Waals surface area (Å²) in [6.07, 6.45) is 0.445. The lowest BCUT2D eigenvalue weighted by Gasteiger charge is -2.40. The Morgan fingerprint density at radius 2 is 2.27 bits per heavy atom. The minimum atomic E-state index is -0.797. The van der Waals surface area contributed by atoms with E-state index in [9.17, 15) is 5.11 Å². The second-order valence-corrected chi connectivity index (χ2v) is 4.44. The van der Waals surface area contributed by atoms with E-state index in [2.05, 4.69) is 10.0 Å². The predicted molar refractivity (Wildman–Crippen MR) is 57.4 cm³/mol. The van der Waals surface area contributed by atoms with Gasteiger partial charge in [-0.3, -0.25) is 0 Å². The zero-order chi connectivity index (χ0) is 11.4. The molecule has 0 radical (unpaired) electrons. The lowest BCUT2D eigenvalue weighted by Crippen LogP contribution is -2.52. The van der Waals surface area contributed by atoms with Gasteiger partial charge in [-0.25, -0.2) is 0 Å². The summed E-state index contributed by atoms with van der Waals surface area (Å²) in [5.41, 5.74) is 8.11. The van der Waals surface area contributed by atoms with Crippen molar-refractivity contribution in [1.29, 1.82) is 0 Å². The van der Waals surface area contributed by atoms with Crippen LogP contribution in [0.15, 0.2) is 5.11 Å². The van der Waals surface area contributed by atoms with Crippen LogP contribution in [-0.2, 0) is 4.74 Å². The molecule has 2 unspecified atom stereocenters. The third kappa shape index (κ3) is 2.56. The van der Waals surface area contributed by atoms with Gasteiger partial charge in [0.15, 0.2) is 0 Å². The van der Waals surface area contributed by atoms with Crippen LogP contribution in [0.4, 0.5) is 0 Å². The van der Waals surface area contributed by atoms with Gasteiger partial charge in [0.2, 0.25) is 0 Å². The Balaban J connectivity index is 2.83. The number of azide groups is 1. The molecule has 1 heterocycles. The largest absolute Gasteiger partial charge is 0.394 e. The predicted octanol–water partition coefficient (Wildman–Crippen LogP) is 0.742.